The molecule has 3 aromatic heterocycles. The number of carbonyl (C=O) groups is 2. The molecule has 0 aromatic carbocycles. The van der Waals surface area contributed by atoms with Crippen molar-refractivity contribution in [2.24, 2.45) is 17.8 Å². The van der Waals surface area contributed by atoms with Gasteiger partial charge in [0.05, 0.1) is 35.8 Å². The summed E-state index contributed by atoms with van der Waals surface area (Å²) in [7, 11) is 0. The minimum Gasteiger partial charge on any atom is -0.390 e. The standard InChI is InChI=1S/C30H37F4N7O4/c1-28(2,44)13-20-26(40-45-39-20)27(43)38-25(18-5-7-29(31,32)8-6-18)21-15-41-22(36-21)10-19(14-35-41)24(17-3-4-17)37-23(42)9-16-11-30(33,34)12-16/h10,14-18,24-25,44H,3-9,11-13H2,1-2H3,(H,37,42)(H,38,43)/t24-,25+/m1/s1. The van der Waals surface area contributed by atoms with Gasteiger partial charge >= 0.3 is 0 Å². The van der Waals surface area contributed by atoms with E-state index in [0.29, 0.717) is 11.3 Å². The van der Waals surface area contributed by atoms with E-state index in [1.54, 1.807) is 32.3 Å². The number of aliphatic hydroxyl groups is 1. The predicted molar refractivity (Wildman–Crippen MR) is 150 cm³/mol. The number of rotatable bonds is 11. The minimum atomic E-state index is -2.78. The first-order chi connectivity index (χ1) is 21.1. The lowest BCUT2D eigenvalue weighted by atomic mass is 9.79. The third kappa shape index (κ3) is 7.45. The Bertz CT molecular complexity index is 1550. The Hall–Kier alpha value is -3.62. The van der Waals surface area contributed by atoms with Gasteiger partial charge in [0.1, 0.15) is 5.69 Å². The molecule has 3 aliphatic carbocycles. The van der Waals surface area contributed by atoms with Crippen LogP contribution in [0.2, 0.25) is 0 Å². The second-order valence-electron chi connectivity index (χ2n) is 13.7. The number of halogens is 4. The van der Waals surface area contributed by atoms with Crippen LogP contribution in [0.25, 0.3) is 5.65 Å². The highest BCUT2D eigenvalue weighted by molar-refractivity contribution is 5.93. The number of alkyl halides is 4. The summed E-state index contributed by atoms with van der Waals surface area (Å²) in [5, 5.41) is 28.1. The topological polar surface area (TPSA) is 148 Å². The van der Waals surface area contributed by atoms with Crippen molar-refractivity contribution in [1.29, 1.82) is 0 Å². The molecule has 2 atom stereocenters. The zero-order chi connectivity index (χ0) is 32.1. The lowest BCUT2D eigenvalue weighted by Crippen LogP contribution is -2.39. The van der Waals surface area contributed by atoms with Crippen LogP contribution < -0.4 is 10.6 Å². The van der Waals surface area contributed by atoms with Gasteiger partial charge < -0.3 is 15.7 Å². The highest BCUT2D eigenvalue weighted by atomic mass is 19.3. The van der Waals surface area contributed by atoms with Gasteiger partial charge in [-0.2, -0.15) is 5.10 Å². The van der Waals surface area contributed by atoms with Crippen LogP contribution in [0.4, 0.5) is 17.6 Å². The first-order valence-electron chi connectivity index (χ1n) is 15.4. The summed E-state index contributed by atoms with van der Waals surface area (Å²) in [5.41, 5.74) is 0.443. The van der Waals surface area contributed by atoms with E-state index in [-0.39, 0.29) is 92.5 Å². The zero-order valence-electron chi connectivity index (χ0n) is 25.1. The Morgan fingerprint density at radius 1 is 1.04 bits per heavy atom. The number of hydrogen-bond donors (Lipinski definition) is 3. The summed E-state index contributed by atoms with van der Waals surface area (Å²) < 4.78 is 61.0. The molecular weight excluding hydrogens is 598 g/mol. The number of hydrogen-bond acceptors (Lipinski definition) is 8. The molecule has 3 fully saturated rings. The van der Waals surface area contributed by atoms with Gasteiger partial charge in [-0.1, -0.05) is 5.16 Å². The highest BCUT2D eigenvalue weighted by Crippen LogP contribution is 2.45. The summed E-state index contributed by atoms with van der Waals surface area (Å²) in [6, 6.07) is 0.680. The molecule has 0 aliphatic heterocycles. The maximum absolute atomic E-state index is 14.1. The van der Waals surface area contributed by atoms with Crippen LogP contribution in [0.5, 0.6) is 0 Å². The monoisotopic (exact) mass is 635 g/mol. The molecule has 3 aromatic rings. The molecule has 6 rings (SSSR count). The molecule has 0 spiro atoms. The van der Waals surface area contributed by atoms with Gasteiger partial charge in [0, 0.05) is 38.5 Å². The van der Waals surface area contributed by atoms with Crippen molar-refractivity contribution in [1.82, 2.24) is 35.5 Å². The minimum absolute atomic E-state index is 0.00642. The number of amides is 2. The summed E-state index contributed by atoms with van der Waals surface area (Å²) in [6.45, 7) is 3.11. The number of imidazole rings is 1. The average molecular weight is 636 g/mol. The molecule has 0 radical (unpaired) electrons. The molecule has 45 heavy (non-hydrogen) atoms. The van der Waals surface area contributed by atoms with Crippen LogP contribution in [-0.2, 0) is 11.2 Å². The van der Waals surface area contributed by atoms with Gasteiger partial charge in [-0.25, -0.2) is 31.7 Å². The Balaban J connectivity index is 1.23. The fourth-order valence-electron chi connectivity index (χ4n) is 6.50. The molecule has 2 amide bonds. The Labute approximate surface area is 256 Å². The second kappa shape index (κ2) is 11.6. The van der Waals surface area contributed by atoms with E-state index >= 15 is 0 Å². The Kier molecular flexibility index (Phi) is 8.11. The van der Waals surface area contributed by atoms with Gasteiger partial charge in [0.15, 0.2) is 11.3 Å². The first kappa shape index (κ1) is 31.4. The molecule has 3 saturated carbocycles. The molecule has 0 bridgehead atoms. The molecule has 244 valence electrons. The van der Waals surface area contributed by atoms with Gasteiger partial charge in [-0.3, -0.25) is 9.59 Å². The first-order valence-corrected chi connectivity index (χ1v) is 15.4. The van der Waals surface area contributed by atoms with Crippen molar-refractivity contribution in [2.75, 3.05) is 0 Å². The Morgan fingerprint density at radius 3 is 2.38 bits per heavy atom. The van der Waals surface area contributed by atoms with Gasteiger partial charge in [0.25, 0.3) is 5.91 Å². The number of fused-ring (bicyclic) bond motifs is 1. The number of carbonyl (C=O) groups excluding carboxylic acids is 2. The van der Waals surface area contributed by atoms with Crippen molar-refractivity contribution in [3.8, 4) is 0 Å². The van der Waals surface area contributed by atoms with Gasteiger partial charge in [-0.05, 0) is 74.1 Å². The number of aromatic nitrogens is 5. The number of nitrogens with one attached hydrogen (secondary N) is 2. The van der Waals surface area contributed by atoms with Gasteiger partial charge in [0.2, 0.25) is 17.8 Å². The molecule has 15 heteroatoms. The van der Waals surface area contributed by atoms with E-state index in [9.17, 15) is 32.3 Å². The largest absolute Gasteiger partial charge is 0.390 e. The molecular formula is C30H37F4N7O4. The summed E-state index contributed by atoms with van der Waals surface area (Å²) in [5.74, 6) is -6.87. The molecule has 0 unspecified atom stereocenters. The molecule has 0 saturated heterocycles. The van der Waals surface area contributed by atoms with Gasteiger partial charge in [-0.15, -0.1) is 0 Å². The fourth-order valence-corrected chi connectivity index (χ4v) is 6.50. The smallest absolute Gasteiger partial charge is 0.276 e. The quantitative estimate of drug-likeness (QED) is 0.257. The number of nitrogens with zero attached hydrogens (tertiary/aromatic N) is 5. The van der Waals surface area contributed by atoms with Crippen molar-refractivity contribution in [3.63, 3.8) is 0 Å². The normalized spacial score (nSPS) is 21.7. The maximum atomic E-state index is 14.1. The van der Waals surface area contributed by atoms with Crippen LogP contribution in [0, 0.1) is 17.8 Å². The van der Waals surface area contributed by atoms with Crippen LogP contribution in [0.1, 0.15) is 111 Å². The molecule has 3 aliphatic rings. The van der Waals surface area contributed by atoms with E-state index in [1.165, 1.54) is 4.52 Å². The van der Waals surface area contributed by atoms with E-state index in [1.807, 2.05) is 0 Å². The summed E-state index contributed by atoms with van der Waals surface area (Å²) in [4.78, 5) is 30.9. The van der Waals surface area contributed by atoms with E-state index < -0.39 is 29.4 Å². The van der Waals surface area contributed by atoms with E-state index in [4.69, 9.17) is 9.61 Å². The predicted octanol–water partition coefficient (Wildman–Crippen LogP) is 4.73. The summed E-state index contributed by atoms with van der Waals surface area (Å²) >= 11 is 0. The highest BCUT2D eigenvalue weighted by Gasteiger charge is 2.46. The van der Waals surface area contributed by atoms with Crippen molar-refractivity contribution >= 4 is 17.5 Å². The van der Waals surface area contributed by atoms with Crippen molar-refractivity contribution in [3.05, 3.63) is 41.1 Å². The molecule has 11 nitrogen and oxygen atoms in total. The SMILES string of the molecule is CC(C)(O)Cc1nonc1C(=O)N[C@H](c1cn2ncc([C@H](NC(=O)CC3CC(F)(F)C3)C3CC3)cc2n1)C1CCC(F)(F)CC1. The zero-order valence-corrected chi connectivity index (χ0v) is 25.1. The second-order valence-corrected chi connectivity index (χ2v) is 13.7. The van der Waals surface area contributed by atoms with E-state index in [0.717, 1.165) is 18.4 Å². The van der Waals surface area contributed by atoms with Crippen LogP contribution in [0.15, 0.2) is 23.1 Å². The van der Waals surface area contributed by atoms with E-state index in [2.05, 4.69) is 26.0 Å². The third-order valence-corrected chi connectivity index (χ3v) is 8.99. The molecule has 3 heterocycles. The fraction of sp³-hybridized carbons (Fsp3) is 0.667. The Morgan fingerprint density at radius 2 is 1.73 bits per heavy atom. The lowest BCUT2D eigenvalue weighted by molar-refractivity contribution is -0.134. The average Bonchev–Trinajstić information content (AvgIpc) is 3.52. The van der Waals surface area contributed by atoms with Crippen molar-refractivity contribution < 1.29 is 36.9 Å². The lowest BCUT2D eigenvalue weighted by Gasteiger charge is -2.34. The van der Waals surface area contributed by atoms with Crippen LogP contribution in [0.3, 0.4) is 0 Å². The van der Waals surface area contributed by atoms with Crippen molar-refractivity contribution in [2.45, 2.75) is 108 Å². The third-order valence-electron chi connectivity index (χ3n) is 8.99. The maximum Gasteiger partial charge on any atom is 0.276 e. The van der Waals surface area contributed by atoms with Crippen LogP contribution >= 0.6 is 0 Å². The summed E-state index contributed by atoms with van der Waals surface area (Å²) in [6.07, 6.45) is 4.24. The molecule has 3 N–H and O–H groups in total. The van der Waals surface area contributed by atoms with Crippen LogP contribution in [-0.4, -0.2) is 59.3 Å².